The molecule has 3 heteroatoms. The van der Waals surface area contributed by atoms with Crippen LogP contribution in [-0.4, -0.2) is 13.2 Å². The van der Waals surface area contributed by atoms with Crippen molar-refractivity contribution in [2.45, 2.75) is 6.92 Å². The third-order valence-corrected chi connectivity index (χ3v) is 2.35. The van der Waals surface area contributed by atoms with Crippen LogP contribution in [0.15, 0.2) is 34.8 Å². The van der Waals surface area contributed by atoms with Gasteiger partial charge in [-0.25, -0.2) is 0 Å². The summed E-state index contributed by atoms with van der Waals surface area (Å²) >= 11 is 3.40. The maximum Gasteiger partial charge on any atom is 0.122 e. The lowest BCUT2D eigenvalue weighted by Crippen LogP contribution is -2.10. The fraction of sp³-hybridized carbons (Fsp3) is 0.273. The van der Waals surface area contributed by atoms with Crippen LogP contribution < -0.4 is 10.5 Å². The van der Waals surface area contributed by atoms with E-state index < -0.39 is 0 Å². The van der Waals surface area contributed by atoms with Crippen molar-refractivity contribution in [3.05, 3.63) is 40.4 Å². The molecule has 2 N–H and O–H groups in total. The Balaban J connectivity index is 2.63. The van der Waals surface area contributed by atoms with E-state index in [2.05, 4.69) is 22.5 Å². The van der Waals surface area contributed by atoms with Crippen LogP contribution in [0.1, 0.15) is 5.56 Å². The summed E-state index contributed by atoms with van der Waals surface area (Å²) in [7, 11) is 0. The fourth-order valence-electron chi connectivity index (χ4n) is 1.01. The van der Waals surface area contributed by atoms with Gasteiger partial charge in [0.05, 0.1) is 0 Å². The highest BCUT2D eigenvalue weighted by Gasteiger charge is 2.00. The van der Waals surface area contributed by atoms with Gasteiger partial charge in [-0.05, 0) is 36.3 Å². The van der Waals surface area contributed by atoms with Crippen molar-refractivity contribution in [2.75, 3.05) is 13.2 Å². The normalized spacial score (nSPS) is 9.93. The number of hydrogen-bond donors (Lipinski definition) is 1. The van der Waals surface area contributed by atoms with Gasteiger partial charge in [-0.1, -0.05) is 22.5 Å². The average molecular weight is 256 g/mol. The predicted octanol–water partition coefficient (Wildman–Crippen LogP) is 2.65. The fourth-order valence-corrected chi connectivity index (χ4v) is 1.49. The Labute approximate surface area is 92.9 Å². The molecule has 2 nitrogen and oxygen atoms in total. The third-order valence-electron chi connectivity index (χ3n) is 1.86. The van der Waals surface area contributed by atoms with Crippen LogP contribution in [0.25, 0.3) is 0 Å². The summed E-state index contributed by atoms with van der Waals surface area (Å²) in [5.41, 5.74) is 7.41. The molecular formula is C11H14BrNO. The Bertz CT molecular complexity index is 336. The summed E-state index contributed by atoms with van der Waals surface area (Å²) in [6, 6.07) is 5.90. The average Bonchev–Trinajstić information content (AvgIpc) is 2.16. The lowest BCUT2D eigenvalue weighted by atomic mass is 10.2. The van der Waals surface area contributed by atoms with Crippen LogP contribution in [0.5, 0.6) is 5.75 Å². The molecule has 76 valence electrons. The van der Waals surface area contributed by atoms with Crippen LogP contribution in [0.2, 0.25) is 0 Å². The number of rotatable bonds is 4. The van der Waals surface area contributed by atoms with Crippen molar-refractivity contribution in [3.63, 3.8) is 0 Å². The second kappa shape index (κ2) is 5.17. The molecule has 0 bridgehead atoms. The highest BCUT2D eigenvalue weighted by molar-refractivity contribution is 9.10. The predicted molar refractivity (Wildman–Crippen MR) is 62.6 cm³/mol. The lowest BCUT2D eigenvalue weighted by molar-refractivity contribution is 0.348. The molecule has 0 aromatic heterocycles. The van der Waals surface area contributed by atoms with Crippen molar-refractivity contribution >= 4 is 15.9 Å². The Morgan fingerprint density at radius 2 is 2.29 bits per heavy atom. The lowest BCUT2D eigenvalue weighted by Gasteiger charge is -2.09. The van der Waals surface area contributed by atoms with E-state index in [0.717, 1.165) is 21.4 Å². The van der Waals surface area contributed by atoms with Gasteiger partial charge in [-0.3, -0.25) is 0 Å². The summed E-state index contributed by atoms with van der Waals surface area (Å²) in [4.78, 5) is 0. The number of aryl methyl sites for hydroxylation is 1. The van der Waals surface area contributed by atoms with E-state index in [9.17, 15) is 0 Å². The van der Waals surface area contributed by atoms with Gasteiger partial charge in [0.1, 0.15) is 12.4 Å². The van der Waals surface area contributed by atoms with Crippen LogP contribution in [0.3, 0.4) is 0 Å². The number of benzene rings is 1. The second-order valence-corrected chi connectivity index (χ2v) is 4.07. The zero-order chi connectivity index (χ0) is 10.6. The van der Waals surface area contributed by atoms with Crippen molar-refractivity contribution in [1.82, 2.24) is 0 Å². The Kier molecular flexibility index (Phi) is 4.17. The summed E-state index contributed by atoms with van der Waals surface area (Å²) in [5.74, 6) is 0.878. The largest absolute Gasteiger partial charge is 0.489 e. The highest BCUT2D eigenvalue weighted by Crippen LogP contribution is 2.22. The standard InChI is InChI=1S/C11H14BrNO/c1-8(6-13)7-14-11-4-3-10(12)5-9(11)2/h3-5H,1,6-7,13H2,2H3. The molecule has 0 fully saturated rings. The molecule has 0 radical (unpaired) electrons. The smallest absolute Gasteiger partial charge is 0.122 e. The van der Waals surface area contributed by atoms with E-state index >= 15 is 0 Å². The maximum atomic E-state index is 5.54. The van der Waals surface area contributed by atoms with Crippen molar-refractivity contribution in [1.29, 1.82) is 0 Å². The van der Waals surface area contributed by atoms with Gasteiger partial charge >= 0.3 is 0 Å². The van der Waals surface area contributed by atoms with Crippen LogP contribution in [-0.2, 0) is 0 Å². The van der Waals surface area contributed by atoms with Gasteiger partial charge in [0.2, 0.25) is 0 Å². The van der Waals surface area contributed by atoms with E-state index in [1.807, 2.05) is 25.1 Å². The Morgan fingerprint density at radius 3 is 2.86 bits per heavy atom. The molecule has 0 aliphatic rings. The molecular weight excluding hydrogens is 242 g/mol. The van der Waals surface area contributed by atoms with Crippen molar-refractivity contribution in [2.24, 2.45) is 5.73 Å². The first-order valence-corrected chi connectivity index (χ1v) is 5.18. The molecule has 1 aromatic carbocycles. The minimum Gasteiger partial charge on any atom is -0.489 e. The summed E-state index contributed by atoms with van der Waals surface area (Å²) in [6.45, 7) is 6.73. The van der Waals surface area contributed by atoms with Gasteiger partial charge in [0, 0.05) is 11.0 Å². The second-order valence-electron chi connectivity index (χ2n) is 3.15. The summed E-state index contributed by atoms with van der Waals surface area (Å²) < 4.78 is 6.60. The summed E-state index contributed by atoms with van der Waals surface area (Å²) in [6.07, 6.45) is 0. The first-order valence-electron chi connectivity index (χ1n) is 4.39. The molecule has 0 aliphatic heterocycles. The summed E-state index contributed by atoms with van der Waals surface area (Å²) in [5, 5.41) is 0. The van der Waals surface area contributed by atoms with Gasteiger partial charge < -0.3 is 10.5 Å². The molecule has 0 saturated carbocycles. The number of hydrogen-bond acceptors (Lipinski definition) is 2. The van der Waals surface area contributed by atoms with Crippen LogP contribution >= 0.6 is 15.9 Å². The first-order chi connectivity index (χ1) is 6.63. The number of nitrogens with two attached hydrogens (primary N) is 1. The molecule has 0 unspecified atom stereocenters. The van der Waals surface area contributed by atoms with Gasteiger partial charge in [0.15, 0.2) is 0 Å². The Morgan fingerprint density at radius 1 is 1.57 bits per heavy atom. The van der Waals surface area contributed by atoms with Gasteiger partial charge in [-0.15, -0.1) is 0 Å². The van der Waals surface area contributed by atoms with Gasteiger partial charge in [0.25, 0.3) is 0 Å². The molecule has 0 saturated heterocycles. The van der Waals surface area contributed by atoms with E-state index in [1.54, 1.807) is 0 Å². The van der Waals surface area contributed by atoms with Crippen LogP contribution in [0.4, 0.5) is 0 Å². The first kappa shape index (κ1) is 11.3. The zero-order valence-corrected chi connectivity index (χ0v) is 9.80. The quantitative estimate of drug-likeness (QED) is 0.840. The van der Waals surface area contributed by atoms with E-state index in [0.29, 0.717) is 13.2 Å². The molecule has 0 atom stereocenters. The van der Waals surface area contributed by atoms with E-state index in [4.69, 9.17) is 10.5 Å². The highest BCUT2D eigenvalue weighted by atomic mass is 79.9. The van der Waals surface area contributed by atoms with Crippen LogP contribution in [0, 0.1) is 6.92 Å². The number of halogens is 1. The zero-order valence-electron chi connectivity index (χ0n) is 8.22. The topological polar surface area (TPSA) is 35.2 Å². The maximum absolute atomic E-state index is 5.54. The van der Waals surface area contributed by atoms with E-state index in [-0.39, 0.29) is 0 Å². The molecule has 0 heterocycles. The van der Waals surface area contributed by atoms with Crippen molar-refractivity contribution < 1.29 is 4.74 Å². The third kappa shape index (κ3) is 3.16. The van der Waals surface area contributed by atoms with E-state index in [1.165, 1.54) is 0 Å². The van der Waals surface area contributed by atoms with Crippen molar-refractivity contribution in [3.8, 4) is 5.75 Å². The SMILES string of the molecule is C=C(CN)COc1ccc(Br)cc1C. The molecule has 14 heavy (non-hydrogen) atoms. The molecule has 0 spiro atoms. The van der Waals surface area contributed by atoms with Gasteiger partial charge in [-0.2, -0.15) is 0 Å². The molecule has 0 aliphatic carbocycles. The minimum absolute atomic E-state index is 0.468. The monoisotopic (exact) mass is 255 g/mol. The minimum atomic E-state index is 0.468. The number of ether oxygens (including phenoxy) is 1. The Hall–Kier alpha value is -0.800. The molecule has 0 amide bonds. The molecule has 1 rings (SSSR count). The molecule has 1 aromatic rings.